The van der Waals surface area contributed by atoms with Crippen LogP contribution in [-0.4, -0.2) is 52.1 Å². The number of aromatic nitrogens is 1. The van der Waals surface area contributed by atoms with E-state index in [4.69, 9.17) is 4.74 Å². The lowest BCUT2D eigenvalue weighted by Crippen LogP contribution is -2.60. The van der Waals surface area contributed by atoms with E-state index >= 15 is 0 Å². The van der Waals surface area contributed by atoms with Crippen LogP contribution in [0.5, 0.6) is 0 Å². The molecule has 1 atom stereocenters. The summed E-state index contributed by atoms with van der Waals surface area (Å²) in [6, 6.07) is 5.46. The van der Waals surface area contributed by atoms with Gasteiger partial charge in [0.1, 0.15) is 5.69 Å². The first-order valence-corrected chi connectivity index (χ1v) is 7.67. The highest BCUT2D eigenvalue weighted by atomic mass is 32.2. The molecular formula is C14H18N2O2S. The summed E-state index contributed by atoms with van der Waals surface area (Å²) in [4.78, 5) is 18.2. The number of hydrogen-bond donors (Lipinski definition) is 0. The number of ether oxygens (including phenoxy) is 1. The van der Waals surface area contributed by atoms with Crippen LogP contribution in [0.25, 0.3) is 0 Å². The lowest BCUT2D eigenvalue weighted by molar-refractivity contribution is 0.0355. The third kappa shape index (κ3) is 2.49. The van der Waals surface area contributed by atoms with Gasteiger partial charge in [-0.2, -0.15) is 0 Å². The Bertz CT molecular complexity index is 460. The van der Waals surface area contributed by atoms with Crippen LogP contribution in [-0.2, 0) is 4.74 Å². The fraction of sp³-hybridized carbons (Fsp3) is 0.571. The maximum Gasteiger partial charge on any atom is 0.272 e. The molecule has 2 fully saturated rings. The zero-order valence-corrected chi connectivity index (χ0v) is 11.9. The molecule has 1 amide bonds. The van der Waals surface area contributed by atoms with E-state index < -0.39 is 0 Å². The van der Waals surface area contributed by atoms with Gasteiger partial charge in [-0.3, -0.25) is 9.78 Å². The molecule has 0 N–H and O–H groups in total. The van der Waals surface area contributed by atoms with Gasteiger partial charge in [-0.1, -0.05) is 6.07 Å². The molecule has 4 nitrogen and oxygen atoms in total. The monoisotopic (exact) mass is 278 g/mol. The van der Waals surface area contributed by atoms with Gasteiger partial charge in [0.2, 0.25) is 0 Å². The summed E-state index contributed by atoms with van der Waals surface area (Å²) in [5.41, 5.74) is 0.543. The van der Waals surface area contributed by atoms with Crippen LogP contribution in [0.15, 0.2) is 24.4 Å². The van der Waals surface area contributed by atoms with E-state index in [0.717, 1.165) is 31.9 Å². The second-order valence-corrected chi connectivity index (χ2v) is 6.64. The van der Waals surface area contributed by atoms with Crippen LogP contribution in [0.4, 0.5) is 0 Å². The summed E-state index contributed by atoms with van der Waals surface area (Å²) in [5, 5.41) is 0. The Hall–Kier alpha value is -1.07. The van der Waals surface area contributed by atoms with E-state index in [-0.39, 0.29) is 10.7 Å². The molecular weight excluding hydrogens is 260 g/mol. The van der Waals surface area contributed by atoms with Gasteiger partial charge in [-0.25, -0.2) is 0 Å². The summed E-state index contributed by atoms with van der Waals surface area (Å²) in [6.45, 7) is 4.47. The van der Waals surface area contributed by atoms with E-state index in [9.17, 15) is 4.79 Å². The largest absolute Gasteiger partial charge is 0.378 e. The first-order chi connectivity index (χ1) is 9.22. The molecule has 1 aromatic rings. The van der Waals surface area contributed by atoms with Gasteiger partial charge in [-0.15, -0.1) is 11.8 Å². The maximum atomic E-state index is 12.2. The van der Waals surface area contributed by atoms with Crippen LogP contribution in [0.1, 0.15) is 23.8 Å². The first kappa shape index (κ1) is 12.9. The second-order valence-electron chi connectivity index (χ2n) is 5.15. The van der Waals surface area contributed by atoms with Crippen LogP contribution < -0.4 is 0 Å². The minimum Gasteiger partial charge on any atom is -0.378 e. The molecule has 1 aromatic heterocycles. The Labute approximate surface area is 117 Å². The molecule has 2 aliphatic rings. The number of likely N-dealkylation sites (tertiary alicyclic amines) is 1. The Morgan fingerprint density at radius 3 is 3.11 bits per heavy atom. The van der Waals surface area contributed by atoms with Gasteiger partial charge < -0.3 is 9.64 Å². The molecule has 2 aliphatic heterocycles. The normalized spacial score (nSPS) is 24.5. The van der Waals surface area contributed by atoms with Gasteiger partial charge in [0, 0.05) is 31.6 Å². The number of nitrogens with zero attached hydrogens (tertiary/aromatic N) is 2. The average Bonchev–Trinajstić information content (AvgIpc) is 2.82. The highest BCUT2D eigenvalue weighted by Crippen LogP contribution is 2.46. The number of hydrogen-bond acceptors (Lipinski definition) is 4. The molecule has 19 heavy (non-hydrogen) atoms. The molecule has 2 saturated heterocycles. The molecule has 3 heterocycles. The average molecular weight is 278 g/mol. The quantitative estimate of drug-likeness (QED) is 0.846. The van der Waals surface area contributed by atoms with Gasteiger partial charge in [0.05, 0.1) is 10.9 Å². The van der Waals surface area contributed by atoms with Crippen molar-refractivity contribution in [2.45, 2.75) is 24.2 Å². The van der Waals surface area contributed by atoms with Crippen LogP contribution >= 0.6 is 11.8 Å². The van der Waals surface area contributed by atoms with E-state index in [1.165, 1.54) is 0 Å². The number of thioether (sulfide) groups is 1. The van der Waals surface area contributed by atoms with Crippen LogP contribution in [0.2, 0.25) is 0 Å². The Morgan fingerprint density at radius 2 is 2.42 bits per heavy atom. The van der Waals surface area contributed by atoms with Crippen molar-refractivity contribution in [1.82, 2.24) is 9.88 Å². The fourth-order valence-electron chi connectivity index (χ4n) is 2.81. The number of amides is 1. The summed E-state index contributed by atoms with van der Waals surface area (Å²) in [5.74, 6) is 1.10. The third-order valence-corrected chi connectivity index (χ3v) is 5.28. The first-order valence-electron chi connectivity index (χ1n) is 6.68. The number of pyridine rings is 1. The third-order valence-electron chi connectivity index (χ3n) is 3.71. The zero-order valence-electron chi connectivity index (χ0n) is 11.0. The fourth-order valence-corrected chi connectivity index (χ4v) is 4.36. The molecule has 102 valence electrons. The zero-order chi connectivity index (χ0) is 13.3. The predicted molar refractivity (Wildman–Crippen MR) is 75.4 cm³/mol. The second kappa shape index (κ2) is 5.13. The van der Waals surface area contributed by atoms with E-state index in [1.807, 2.05) is 35.7 Å². The Morgan fingerprint density at radius 1 is 1.58 bits per heavy atom. The summed E-state index contributed by atoms with van der Waals surface area (Å²) >= 11 is 1.96. The lowest BCUT2D eigenvalue weighted by Gasteiger charge is -2.47. The minimum absolute atomic E-state index is 0.0479. The van der Waals surface area contributed by atoms with E-state index in [0.29, 0.717) is 11.8 Å². The van der Waals surface area contributed by atoms with Crippen molar-refractivity contribution in [1.29, 1.82) is 0 Å². The molecule has 1 spiro atoms. The summed E-state index contributed by atoms with van der Waals surface area (Å²) < 4.78 is 5.92. The molecule has 0 radical (unpaired) electrons. The molecule has 0 bridgehead atoms. The van der Waals surface area contributed by atoms with Crippen molar-refractivity contribution in [2.24, 2.45) is 0 Å². The van der Waals surface area contributed by atoms with Crippen molar-refractivity contribution in [3.05, 3.63) is 30.1 Å². The van der Waals surface area contributed by atoms with Gasteiger partial charge in [-0.05, 0) is 25.5 Å². The Kier molecular flexibility index (Phi) is 3.50. The highest BCUT2D eigenvalue weighted by Gasteiger charge is 2.51. The summed E-state index contributed by atoms with van der Waals surface area (Å²) in [7, 11) is 0. The van der Waals surface area contributed by atoms with E-state index in [1.54, 1.807) is 12.3 Å². The Balaban J connectivity index is 1.57. The SMILES string of the molecule is CCOC1CSC2(C1)CN(C(=O)c1ccccn1)C2. The minimum atomic E-state index is 0.0479. The molecule has 5 heteroatoms. The number of carbonyl (C=O) groups excluding carboxylic acids is 1. The van der Waals surface area contributed by atoms with Gasteiger partial charge >= 0.3 is 0 Å². The van der Waals surface area contributed by atoms with Gasteiger partial charge in [0.15, 0.2) is 0 Å². The van der Waals surface area contributed by atoms with Crippen LogP contribution in [0.3, 0.4) is 0 Å². The van der Waals surface area contributed by atoms with Crippen molar-refractivity contribution < 1.29 is 9.53 Å². The standard InChI is InChI=1S/C14H18N2O2S/c1-2-18-11-7-14(19-8-11)9-16(10-14)13(17)12-5-3-4-6-15-12/h3-6,11H,2,7-10H2,1H3. The molecule has 3 rings (SSSR count). The maximum absolute atomic E-state index is 12.2. The predicted octanol–water partition coefficient (Wildman–Crippen LogP) is 1.82. The van der Waals surface area contributed by atoms with Gasteiger partial charge in [0.25, 0.3) is 5.91 Å². The van der Waals surface area contributed by atoms with Crippen molar-refractivity contribution in [3.63, 3.8) is 0 Å². The number of carbonyl (C=O) groups is 1. The smallest absolute Gasteiger partial charge is 0.272 e. The molecule has 0 aliphatic carbocycles. The summed E-state index contributed by atoms with van der Waals surface area (Å²) in [6.07, 6.45) is 3.09. The molecule has 0 saturated carbocycles. The van der Waals surface area contributed by atoms with Crippen molar-refractivity contribution >= 4 is 17.7 Å². The van der Waals surface area contributed by atoms with E-state index in [2.05, 4.69) is 4.98 Å². The lowest BCUT2D eigenvalue weighted by atomic mass is 9.92. The molecule has 0 aromatic carbocycles. The number of rotatable bonds is 3. The van der Waals surface area contributed by atoms with Crippen molar-refractivity contribution in [3.8, 4) is 0 Å². The topological polar surface area (TPSA) is 42.4 Å². The molecule has 1 unspecified atom stereocenters. The van der Waals surface area contributed by atoms with Crippen LogP contribution in [0, 0.1) is 0 Å². The highest BCUT2D eigenvalue weighted by molar-refractivity contribution is 8.01. The van der Waals surface area contributed by atoms with Crippen molar-refractivity contribution in [2.75, 3.05) is 25.4 Å².